The number of halogens is 3. The van der Waals surface area contributed by atoms with Gasteiger partial charge in [-0.1, -0.05) is 19.1 Å². The van der Waals surface area contributed by atoms with Crippen LogP contribution >= 0.6 is 0 Å². The van der Waals surface area contributed by atoms with Crippen LogP contribution in [-0.4, -0.2) is 35.4 Å². The van der Waals surface area contributed by atoms with Crippen molar-refractivity contribution in [2.45, 2.75) is 32.2 Å². The summed E-state index contributed by atoms with van der Waals surface area (Å²) in [4.78, 5) is 30.7. The number of alkyl halides is 2. The van der Waals surface area contributed by atoms with E-state index in [1.807, 2.05) is 6.92 Å². The Bertz CT molecular complexity index is 921. The molecule has 1 aliphatic heterocycles. The third-order valence-electron chi connectivity index (χ3n) is 5.09. The van der Waals surface area contributed by atoms with Gasteiger partial charge in [-0.3, -0.25) is 9.59 Å². The predicted octanol–water partition coefficient (Wildman–Crippen LogP) is 4.11. The summed E-state index contributed by atoms with van der Waals surface area (Å²) in [7, 11) is 1.21. The minimum absolute atomic E-state index is 0.0344. The highest BCUT2D eigenvalue weighted by Gasteiger charge is 2.34. The average molecular weight is 421 g/mol. The molecule has 1 fully saturated rings. The fourth-order valence-electron chi connectivity index (χ4n) is 3.59. The van der Waals surface area contributed by atoms with E-state index in [1.54, 1.807) is 12.1 Å². The van der Waals surface area contributed by atoms with Crippen LogP contribution in [0.3, 0.4) is 0 Å². The van der Waals surface area contributed by atoms with Crippen molar-refractivity contribution in [3.8, 4) is 5.88 Å². The molecule has 2 atom stereocenters. The number of benzene rings is 1. The molecule has 1 aliphatic rings. The molecule has 3 rings (SSSR count). The highest BCUT2D eigenvalue weighted by molar-refractivity contribution is 6.39. The largest absolute Gasteiger partial charge is 0.481 e. The molecule has 2 amide bonds. The van der Waals surface area contributed by atoms with Gasteiger partial charge in [0.15, 0.2) is 0 Å². The summed E-state index contributed by atoms with van der Waals surface area (Å²) in [6, 6.07) is 6.46. The molecule has 160 valence electrons. The lowest BCUT2D eigenvalue weighted by Gasteiger charge is -2.38. The van der Waals surface area contributed by atoms with Crippen molar-refractivity contribution < 1.29 is 27.5 Å². The molecule has 0 aliphatic carbocycles. The zero-order valence-corrected chi connectivity index (χ0v) is 16.6. The van der Waals surface area contributed by atoms with E-state index in [0.717, 1.165) is 24.2 Å². The summed E-state index contributed by atoms with van der Waals surface area (Å²) in [6.07, 6.45) is -0.226. The van der Waals surface area contributed by atoms with Gasteiger partial charge < -0.3 is 15.0 Å². The molecule has 1 aromatic heterocycles. The van der Waals surface area contributed by atoms with Crippen LogP contribution in [0.15, 0.2) is 36.5 Å². The molecule has 0 spiro atoms. The molecule has 2 aromatic rings. The third kappa shape index (κ3) is 4.72. The van der Waals surface area contributed by atoms with E-state index in [-0.39, 0.29) is 29.3 Å². The number of carbonyl (C=O) groups is 2. The van der Waals surface area contributed by atoms with E-state index in [2.05, 4.69) is 10.3 Å². The normalized spacial score (nSPS) is 18.9. The summed E-state index contributed by atoms with van der Waals surface area (Å²) in [5, 5.41) is 2.34. The topological polar surface area (TPSA) is 71.5 Å². The van der Waals surface area contributed by atoms with Gasteiger partial charge in [-0.2, -0.15) is 0 Å². The van der Waals surface area contributed by atoms with Crippen molar-refractivity contribution in [1.29, 1.82) is 0 Å². The number of hydrogen-bond acceptors (Lipinski definition) is 4. The number of nitrogens with one attached hydrogen (secondary N) is 1. The number of hydrogen-bond donors (Lipinski definition) is 1. The lowest BCUT2D eigenvalue weighted by atomic mass is 9.90. The molecule has 0 unspecified atom stereocenters. The number of pyridine rings is 1. The molecule has 0 radical (unpaired) electrons. The molecule has 0 saturated carbocycles. The summed E-state index contributed by atoms with van der Waals surface area (Å²) in [6.45, 7) is 2.33. The Labute approximate surface area is 172 Å². The van der Waals surface area contributed by atoms with E-state index in [4.69, 9.17) is 4.74 Å². The van der Waals surface area contributed by atoms with Gasteiger partial charge in [0.1, 0.15) is 5.82 Å². The van der Waals surface area contributed by atoms with Gasteiger partial charge in [0, 0.05) is 6.54 Å². The third-order valence-corrected chi connectivity index (χ3v) is 5.09. The number of carbonyl (C=O) groups excluding carboxylic acids is 2. The molecule has 2 heterocycles. The number of anilines is 1. The van der Waals surface area contributed by atoms with Crippen molar-refractivity contribution in [3.05, 3.63) is 53.5 Å². The predicted molar refractivity (Wildman–Crippen MR) is 104 cm³/mol. The summed E-state index contributed by atoms with van der Waals surface area (Å²) >= 11 is 0. The van der Waals surface area contributed by atoms with Crippen LogP contribution in [-0.2, 0) is 9.59 Å². The smallest absolute Gasteiger partial charge is 0.313 e. The number of likely N-dealkylation sites (tertiary alicyclic amines) is 1. The number of piperidine rings is 1. The Morgan fingerprint density at radius 2 is 1.93 bits per heavy atom. The number of ether oxygens (including phenoxy) is 1. The standard InChI is InChI=1S/C21H22F3N3O3/c1-12-3-8-17(13-4-6-14(22)7-5-13)27(11-12)21(29)19(28)26-15-9-16(18(23)24)20(30-2)25-10-15/h4-7,9-10,12,17-18H,3,8,11H2,1-2H3,(H,26,28)/t12-,17+/m0/s1. The van der Waals surface area contributed by atoms with Gasteiger partial charge in [-0.25, -0.2) is 18.2 Å². The number of amides is 2. The molecule has 1 aromatic carbocycles. The fourth-order valence-corrected chi connectivity index (χ4v) is 3.59. The van der Waals surface area contributed by atoms with Crippen LogP contribution in [0, 0.1) is 11.7 Å². The Morgan fingerprint density at radius 1 is 1.23 bits per heavy atom. The second-order valence-electron chi connectivity index (χ2n) is 7.28. The Balaban J connectivity index is 1.80. The first-order valence-corrected chi connectivity index (χ1v) is 9.49. The lowest BCUT2D eigenvalue weighted by Crippen LogP contribution is -2.46. The molecule has 1 N–H and O–H groups in total. The van der Waals surface area contributed by atoms with Crippen molar-refractivity contribution in [1.82, 2.24) is 9.88 Å². The maximum absolute atomic E-state index is 13.3. The molecular weight excluding hydrogens is 399 g/mol. The number of rotatable bonds is 4. The number of aromatic nitrogens is 1. The van der Waals surface area contributed by atoms with Crippen molar-refractivity contribution in [2.75, 3.05) is 19.0 Å². The van der Waals surface area contributed by atoms with Crippen LogP contribution in [0.2, 0.25) is 0 Å². The molecule has 0 bridgehead atoms. The Morgan fingerprint density at radius 3 is 2.57 bits per heavy atom. The minimum Gasteiger partial charge on any atom is -0.481 e. The van der Waals surface area contributed by atoms with Gasteiger partial charge in [-0.05, 0) is 42.5 Å². The maximum Gasteiger partial charge on any atom is 0.313 e. The SMILES string of the molecule is COc1ncc(NC(=O)C(=O)N2C[C@@H](C)CC[C@@H]2c2ccc(F)cc2)cc1C(F)F. The Kier molecular flexibility index (Phi) is 6.59. The van der Waals surface area contributed by atoms with Gasteiger partial charge in [0.25, 0.3) is 6.43 Å². The van der Waals surface area contributed by atoms with Crippen molar-refractivity contribution in [2.24, 2.45) is 5.92 Å². The van der Waals surface area contributed by atoms with E-state index < -0.39 is 23.8 Å². The van der Waals surface area contributed by atoms with E-state index in [0.29, 0.717) is 13.0 Å². The van der Waals surface area contributed by atoms with Crippen LogP contribution in [0.1, 0.15) is 43.4 Å². The average Bonchev–Trinajstić information content (AvgIpc) is 2.73. The van der Waals surface area contributed by atoms with E-state index >= 15 is 0 Å². The summed E-state index contributed by atoms with van der Waals surface area (Å²) < 4.78 is 44.4. The van der Waals surface area contributed by atoms with Crippen LogP contribution < -0.4 is 10.1 Å². The fraction of sp³-hybridized carbons (Fsp3) is 0.381. The minimum atomic E-state index is -2.86. The van der Waals surface area contributed by atoms with Crippen molar-refractivity contribution in [3.63, 3.8) is 0 Å². The Hall–Kier alpha value is -3.10. The van der Waals surface area contributed by atoms with E-state index in [9.17, 15) is 22.8 Å². The van der Waals surface area contributed by atoms with Crippen LogP contribution in [0.25, 0.3) is 0 Å². The first-order chi connectivity index (χ1) is 14.3. The zero-order chi connectivity index (χ0) is 21.8. The number of nitrogens with zero attached hydrogens (tertiary/aromatic N) is 2. The van der Waals surface area contributed by atoms with Crippen LogP contribution in [0.4, 0.5) is 18.9 Å². The monoisotopic (exact) mass is 421 g/mol. The highest BCUT2D eigenvalue weighted by atomic mass is 19.3. The lowest BCUT2D eigenvalue weighted by molar-refractivity contribution is -0.146. The molecule has 30 heavy (non-hydrogen) atoms. The summed E-state index contributed by atoms with van der Waals surface area (Å²) in [5.41, 5.74) is 0.210. The molecular formula is C21H22F3N3O3. The highest BCUT2D eigenvalue weighted by Crippen LogP contribution is 2.34. The first kappa shape index (κ1) is 21.6. The molecule has 9 heteroatoms. The van der Waals surface area contributed by atoms with Gasteiger partial charge in [0.2, 0.25) is 5.88 Å². The second-order valence-corrected chi connectivity index (χ2v) is 7.28. The first-order valence-electron chi connectivity index (χ1n) is 9.49. The van der Waals surface area contributed by atoms with Crippen molar-refractivity contribution >= 4 is 17.5 Å². The molecule has 6 nitrogen and oxygen atoms in total. The number of methoxy groups -OCH3 is 1. The van der Waals surface area contributed by atoms with E-state index in [1.165, 1.54) is 24.1 Å². The van der Waals surface area contributed by atoms with Gasteiger partial charge >= 0.3 is 11.8 Å². The zero-order valence-electron chi connectivity index (χ0n) is 16.6. The van der Waals surface area contributed by atoms with Gasteiger partial charge in [0.05, 0.1) is 30.6 Å². The molecule has 1 saturated heterocycles. The summed E-state index contributed by atoms with van der Waals surface area (Å²) in [5.74, 6) is -2.20. The maximum atomic E-state index is 13.3. The van der Waals surface area contributed by atoms with Gasteiger partial charge in [-0.15, -0.1) is 0 Å². The quantitative estimate of drug-likeness (QED) is 0.755. The van der Waals surface area contributed by atoms with Crippen LogP contribution in [0.5, 0.6) is 5.88 Å². The second kappa shape index (κ2) is 9.15.